The second kappa shape index (κ2) is 6.46. The summed E-state index contributed by atoms with van der Waals surface area (Å²) in [6.07, 6.45) is 4.79. The van der Waals surface area contributed by atoms with Crippen LogP contribution < -0.4 is 5.32 Å². The molecule has 1 N–H and O–H groups in total. The lowest BCUT2D eigenvalue weighted by molar-refractivity contribution is 0.523. The van der Waals surface area contributed by atoms with Gasteiger partial charge < -0.3 is 5.32 Å². The molecule has 2 aromatic rings. The van der Waals surface area contributed by atoms with E-state index in [1.54, 1.807) is 11.3 Å². The summed E-state index contributed by atoms with van der Waals surface area (Å²) < 4.78 is 0. The van der Waals surface area contributed by atoms with Crippen LogP contribution in [-0.2, 0) is 6.42 Å². The molecule has 3 nitrogen and oxygen atoms in total. The zero-order valence-electron chi connectivity index (χ0n) is 12.9. The predicted molar refractivity (Wildman–Crippen MR) is 85.3 cm³/mol. The molecule has 0 aromatic carbocycles. The molecule has 0 radical (unpaired) electrons. The summed E-state index contributed by atoms with van der Waals surface area (Å²) in [5, 5.41) is 4.77. The molecule has 0 saturated carbocycles. The maximum Gasteiger partial charge on any atom is 0.115 e. The number of hydrogen-bond acceptors (Lipinski definition) is 4. The van der Waals surface area contributed by atoms with Crippen LogP contribution in [0.2, 0.25) is 0 Å². The Morgan fingerprint density at radius 1 is 1.30 bits per heavy atom. The van der Waals surface area contributed by atoms with Crippen molar-refractivity contribution in [2.45, 2.75) is 53.1 Å². The molecule has 0 saturated heterocycles. The molecular formula is C16H23N3S. The van der Waals surface area contributed by atoms with E-state index in [1.165, 1.54) is 21.7 Å². The number of aryl methyl sites for hydroxylation is 3. The predicted octanol–water partition coefficient (Wildman–Crippen LogP) is 3.80. The van der Waals surface area contributed by atoms with Crippen LogP contribution in [-0.4, -0.2) is 16.0 Å². The lowest BCUT2D eigenvalue weighted by Gasteiger charge is -2.21. The molecule has 108 valence electrons. The van der Waals surface area contributed by atoms with Crippen LogP contribution in [0.1, 0.15) is 53.5 Å². The van der Waals surface area contributed by atoms with E-state index in [2.05, 4.69) is 51.0 Å². The Morgan fingerprint density at radius 2 is 2.05 bits per heavy atom. The summed E-state index contributed by atoms with van der Waals surface area (Å²) >= 11 is 1.79. The quantitative estimate of drug-likeness (QED) is 0.909. The molecule has 4 heteroatoms. The minimum atomic E-state index is 0.132. The number of aromatic nitrogens is 2. The lowest BCUT2D eigenvalue weighted by Crippen LogP contribution is -2.29. The minimum Gasteiger partial charge on any atom is -0.302 e. The SMILES string of the molecule is CCc1nc(C(NC(C)C)c2cnccc2C)sc1C. The number of pyridine rings is 1. The van der Waals surface area contributed by atoms with Gasteiger partial charge in [-0.05, 0) is 51.3 Å². The molecule has 0 aliphatic rings. The van der Waals surface area contributed by atoms with Crippen LogP contribution in [0.25, 0.3) is 0 Å². The van der Waals surface area contributed by atoms with Gasteiger partial charge in [0.2, 0.25) is 0 Å². The molecule has 20 heavy (non-hydrogen) atoms. The molecule has 2 rings (SSSR count). The van der Waals surface area contributed by atoms with Gasteiger partial charge in [0.05, 0.1) is 11.7 Å². The number of thiazole rings is 1. The van der Waals surface area contributed by atoms with Crippen molar-refractivity contribution in [3.8, 4) is 0 Å². The molecule has 0 bridgehead atoms. The third-order valence-electron chi connectivity index (χ3n) is 3.38. The van der Waals surface area contributed by atoms with Crippen LogP contribution in [0, 0.1) is 13.8 Å². The Labute approximate surface area is 125 Å². The fourth-order valence-electron chi connectivity index (χ4n) is 2.31. The maximum atomic E-state index is 4.83. The van der Waals surface area contributed by atoms with Crippen molar-refractivity contribution in [2.75, 3.05) is 0 Å². The third-order valence-corrected chi connectivity index (χ3v) is 4.46. The molecule has 1 unspecified atom stereocenters. The van der Waals surface area contributed by atoms with Gasteiger partial charge in [-0.2, -0.15) is 0 Å². The highest BCUT2D eigenvalue weighted by Crippen LogP contribution is 2.30. The molecule has 0 aliphatic heterocycles. The first kappa shape index (κ1) is 15.1. The van der Waals surface area contributed by atoms with Gasteiger partial charge in [-0.15, -0.1) is 11.3 Å². The van der Waals surface area contributed by atoms with Gasteiger partial charge in [-0.3, -0.25) is 4.98 Å². The smallest absolute Gasteiger partial charge is 0.115 e. The second-order valence-corrected chi connectivity index (χ2v) is 6.63. The minimum absolute atomic E-state index is 0.132. The number of hydrogen-bond donors (Lipinski definition) is 1. The first-order valence-corrected chi connectivity index (χ1v) is 7.97. The van der Waals surface area contributed by atoms with E-state index in [9.17, 15) is 0 Å². The van der Waals surface area contributed by atoms with Crippen molar-refractivity contribution >= 4 is 11.3 Å². The van der Waals surface area contributed by atoms with E-state index >= 15 is 0 Å². The molecule has 2 heterocycles. The van der Waals surface area contributed by atoms with Crippen LogP contribution in [0.5, 0.6) is 0 Å². The van der Waals surface area contributed by atoms with Crippen molar-refractivity contribution in [3.05, 3.63) is 45.2 Å². The van der Waals surface area contributed by atoms with Crippen LogP contribution in [0.4, 0.5) is 0 Å². The van der Waals surface area contributed by atoms with Crippen molar-refractivity contribution in [2.24, 2.45) is 0 Å². The van der Waals surface area contributed by atoms with Gasteiger partial charge in [0, 0.05) is 23.3 Å². The number of nitrogens with zero attached hydrogens (tertiary/aromatic N) is 2. The van der Waals surface area contributed by atoms with E-state index in [4.69, 9.17) is 4.98 Å². The Kier molecular flexibility index (Phi) is 4.89. The van der Waals surface area contributed by atoms with E-state index in [0.29, 0.717) is 6.04 Å². The molecule has 0 fully saturated rings. The summed E-state index contributed by atoms with van der Waals surface area (Å²) in [7, 11) is 0. The third kappa shape index (κ3) is 3.25. The van der Waals surface area contributed by atoms with E-state index in [1.807, 2.05) is 12.4 Å². The van der Waals surface area contributed by atoms with Crippen LogP contribution in [0.15, 0.2) is 18.5 Å². The van der Waals surface area contributed by atoms with Crippen molar-refractivity contribution in [1.82, 2.24) is 15.3 Å². The Bertz CT molecular complexity index is 575. The normalized spacial score (nSPS) is 12.9. The fourth-order valence-corrected chi connectivity index (χ4v) is 3.40. The summed E-state index contributed by atoms with van der Waals surface area (Å²) in [5.41, 5.74) is 3.68. The molecule has 0 spiro atoms. The highest BCUT2D eigenvalue weighted by Gasteiger charge is 2.21. The van der Waals surface area contributed by atoms with Crippen molar-refractivity contribution in [3.63, 3.8) is 0 Å². The molecule has 0 amide bonds. The average molecular weight is 289 g/mol. The molecule has 0 aliphatic carbocycles. The monoisotopic (exact) mass is 289 g/mol. The summed E-state index contributed by atoms with van der Waals surface area (Å²) in [6, 6.07) is 2.59. The zero-order chi connectivity index (χ0) is 14.7. The Balaban J connectivity index is 2.44. The van der Waals surface area contributed by atoms with E-state index in [-0.39, 0.29) is 6.04 Å². The van der Waals surface area contributed by atoms with Gasteiger partial charge in [-0.1, -0.05) is 6.92 Å². The van der Waals surface area contributed by atoms with Gasteiger partial charge in [0.1, 0.15) is 5.01 Å². The molecular weight excluding hydrogens is 266 g/mol. The Morgan fingerprint density at radius 3 is 2.60 bits per heavy atom. The highest BCUT2D eigenvalue weighted by atomic mass is 32.1. The van der Waals surface area contributed by atoms with E-state index in [0.717, 1.165) is 11.4 Å². The number of nitrogens with one attached hydrogen (secondary N) is 1. The number of rotatable bonds is 5. The highest BCUT2D eigenvalue weighted by molar-refractivity contribution is 7.11. The topological polar surface area (TPSA) is 37.8 Å². The van der Waals surface area contributed by atoms with Gasteiger partial charge in [0.15, 0.2) is 0 Å². The second-order valence-electron chi connectivity index (χ2n) is 5.40. The lowest BCUT2D eigenvalue weighted by atomic mass is 10.0. The zero-order valence-corrected chi connectivity index (χ0v) is 13.7. The van der Waals surface area contributed by atoms with Crippen molar-refractivity contribution in [1.29, 1.82) is 0 Å². The first-order valence-electron chi connectivity index (χ1n) is 7.15. The largest absolute Gasteiger partial charge is 0.302 e. The van der Waals surface area contributed by atoms with Gasteiger partial charge in [0.25, 0.3) is 0 Å². The standard InChI is InChI=1S/C16H23N3S/c1-6-14-12(5)20-16(19-14)15(18-10(2)3)13-9-17-8-7-11(13)4/h7-10,15,18H,6H2,1-5H3. The average Bonchev–Trinajstić information content (AvgIpc) is 2.78. The summed E-state index contributed by atoms with van der Waals surface area (Å²) in [4.78, 5) is 10.4. The summed E-state index contributed by atoms with van der Waals surface area (Å²) in [5.74, 6) is 0. The summed E-state index contributed by atoms with van der Waals surface area (Å²) in [6.45, 7) is 10.8. The van der Waals surface area contributed by atoms with Crippen LogP contribution >= 0.6 is 11.3 Å². The first-order chi connectivity index (χ1) is 9.52. The molecule has 2 aromatic heterocycles. The van der Waals surface area contributed by atoms with E-state index < -0.39 is 0 Å². The molecule has 1 atom stereocenters. The van der Waals surface area contributed by atoms with Gasteiger partial charge >= 0.3 is 0 Å². The Hall–Kier alpha value is -1.26. The van der Waals surface area contributed by atoms with Crippen molar-refractivity contribution < 1.29 is 0 Å². The van der Waals surface area contributed by atoms with Gasteiger partial charge in [-0.25, -0.2) is 4.98 Å². The fraction of sp³-hybridized carbons (Fsp3) is 0.500. The van der Waals surface area contributed by atoms with Crippen LogP contribution in [0.3, 0.4) is 0 Å². The maximum absolute atomic E-state index is 4.83.